The van der Waals surface area contributed by atoms with Crippen molar-refractivity contribution in [1.29, 1.82) is 0 Å². The highest BCUT2D eigenvalue weighted by molar-refractivity contribution is 8.00. The molecule has 2 aliphatic heterocycles. The van der Waals surface area contributed by atoms with Crippen LogP contribution in [-0.4, -0.2) is 73.0 Å². The third-order valence-corrected chi connectivity index (χ3v) is 8.57. The molecule has 1 fully saturated rings. The smallest absolute Gasteiger partial charge is 0.358 e. The van der Waals surface area contributed by atoms with Crippen LogP contribution in [0.3, 0.4) is 0 Å². The number of pyridine rings is 1. The Morgan fingerprint density at radius 2 is 1.98 bits per heavy atom. The van der Waals surface area contributed by atoms with Crippen LogP contribution in [0.4, 0.5) is 5.13 Å². The maximum Gasteiger partial charge on any atom is 0.358 e. The monoisotopic (exact) mass is 686 g/mol. The summed E-state index contributed by atoms with van der Waals surface area (Å²) in [6.07, 6.45) is 6.68. The fraction of sp³-hybridized carbons (Fsp3) is 0.370. The van der Waals surface area contributed by atoms with E-state index in [1.54, 1.807) is 30.6 Å². The van der Waals surface area contributed by atoms with Gasteiger partial charge in [-0.15, -0.1) is 47.9 Å². The number of amides is 2. The molecule has 0 bridgehead atoms. The number of carbonyl (C=O) groups is 4. The van der Waals surface area contributed by atoms with Crippen LogP contribution in [-0.2, 0) is 28.7 Å². The van der Waals surface area contributed by atoms with E-state index < -0.39 is 47.2 Å². The molecule has 1 saturated heterocycles. The number of nitrogens with two attached hydrogens (primary N) is 1. The van der Waals surface area contributed by atoms with Crippen LogP contribution in [0.2, 0.25) is 0 Å². The molecule has 0 aliphatic carbocycles. The van der Waals surface area contributed by atoms with Gasteiger partial charge in [0.2, 0.25) is 6.29 Å². The van der Waals surface area contributed by atoms with Crippen molar-refractivity contribution >= 4 is 88.6 Å². The van der Waals surface area contributed by atoms with E-state index in [1.165, 1.54) is 29.0 Å². The lowest BCUT2D eigenvalue weighted by Gasteiger charge is -2.49. The minimum atomic E-state index is -1.20. The van der Waals surface area contributed by atoms with Gasteiger partial charge in [0.1, 0.15) is 22.8 Å². The zero-order valence-corrected chi connectivity index (χ0v) is 27.1. The number of nitrogens with zero attached hydrogens (tertiary/aromatic N) is 4. The highest BCUT2D eigenvalue weighted by atomic mass is 35.5. The van der Waals surface area contributed by atoms with E-state index in [-0.39, 0.29) is 47.3 Å². The summed E-state index contributed by atoms with van der Waals surface area (Å²) in [6.45, 7) is 5.16. The minimum Gasteiger partial charge on any atom is -0.425 e. The standard InChI is InChI=1S/C27H30N6O7S2.2ClH/c1-4-16(5-2)25(36)39-14(3)40-26(37)21-17(9-8-15-7-6-10-29-11-15)12-41-24-20(23(35)33(21)24)31-22(34)19(32-38)18-13-42-27(28)30-18;;/h6-11,13-14,16,20,24,38H,4-5,12H2,1-3H3,(H2,28,30)(H,31,34);2*1H/b9-8-,32-19?;;/t14?,20-,24+;;/m1../s1. The molecule has 3 atom stereocenters. The second-order valence-corrected chi connectivity index (χ2v) is 11.3. The van der Waals surface area contributed by atoms with E-state index in [0.29, 0.717) is 24.2 Å². The Balaban J connectivity index is 0.00000337. The van der Waals surface area contributed by atoms with Crippen molar-refractivity contribution in [1.82, 2.24) is 20.2 Å². The van der Waals surface area contributed by atoms with Gasteiger partial charge in [-0.25, -0.2) is 9.78 Å². The van der Waals surface area contributed by atoms with Crippen LogP contribution in [0, 0.1) is 5.92 Å². The molecule has 44 heavy (non-hydrogen) atoms. The van der Waals surface area contributed by atoms with Crippen LogP contribution in [0.1, 0.15) is 44.9 Å². The average molecular weight is 688 g/mol. The summed E-state index contributed by atoms with van der Waals surface area (Å²) in [5, 5.41) is 16.0. The van der Waals surface area contributed by atoms with Crippen LogP contribution in [0.25, 0.3) is 6.08 Å². The van der Waals surface area contributed by atoms with Crippen LogP contribution >= 0.6 is 47.9 Å². The number of thioether (sulfide) groups is 1. The SMILES string of the molecule is CCC(CC)C(=O)OC(C)OC(=O)C1=C(/C=C\c2cccnc2)CS[C@H]2[C@H](NC(=O)C(=NO)c3csc(N)n3)C(=O)N12.Cl.Cl. The van der Waals surface area contributed by atoms with E-state index in [1.807, 2.05) is 19.9 Å². The maximum atomic E-state index is 13.4. The molecule has 1 unspecified atom stereocenters. The van der Waals surface area contributed by atoms with Crippen molar-refractivity contribution < 1.29 is 33.9 Å². The van der Waals surface area contributed by atoms with Gasteiger partial charge in [0, 0.05) is 30.5 Å². The van der Waals surface area contributed by atoms with Gasteiger partial charge in [0.05, 0.1) is 5.92 Å². The van der Waals surface area contributed by atoms with Crippen molar-refractivity contribution in [3.8, 4) is 0 Å². The number of hydrogen-bond acceptors (Lipinski definition) is 13. The first-order valence-corrected chi connectivity index (χ1v) is 15.0. The number of carbonyl (C=O) groups excluding carboxylic acids is 4. The Kier molecular flexibility index (Phi) is 13.6. The molecule has 0 radical (unpaired) electrons. The van der Waals surface area contributed by atoms with E-state index in [0.717, 1.165) is 16.9 Å². The summed E-state index contributed by atoms with van der Waals surface area (Å²) >= 11 is 2.38. The van der Waals surface area contributed by atoms with Gasteiger partial charge in [0.25, 0.3) is 11.8 Å². The topological polar surface area (TPSA) is 186 Å². The quantitative estimate of drug-likeness (QED) is 0.0785. The molecule has 17 heteroatoms. The van der Waals surface area contributed by atoms with Gasteiger partial charge in [-0.3, -0.25) is 24.3 Å². The van der Waals surface area contributed by atoms with Gasteiger partial charge in [-0.05, 0) is 30.0 Å². The summed E-state index contributed by atoms with van der Waals surface area (Å²) in [6, 6.07) is 2.57. The number of nitrogens with one attached hydrogen (secondary N) is 1. The second kappa shape index (κ2) is 16.4. The first-order chi connectivity index (χ1) is 20.2. The first-order valence-electron chi connectivity index (χ1n) is 13.1. The van der Waals surface area contributed by atoms with Crippen molar-refractivity contribution in [2.24, 2.45) is 11.1 Å². The number of allylic oxidation sites excluding steroid dienone is 1. The van der Waals surface area contributed by atoms with Crippen molar-refractivity contribution in [3.05, 3.63) is 58.5 Å². The zero-order chi connectivity index (χ0) is 30.4. The summed E-state index contributed by atoms with van der Waals surface area (Å²) in [4.78, 5) is 61.3. The Morgan fingerprint density at radius 1 is 1.25 bits per heavy atom. The van der Waals surface area contributed by atoms with Crippen LogP contribution in [0.5, 0.6) is 0 Å². The van der Waals surface area contributed by atoms with E-state index in [9.17, 15) is 24.4 Å². The predicted molar refractivity (Wildman–Crippen MR) is 170 cm³/mol. The number of anilines is 1. The lowest BCUT2D eigenvalue weighted by Crippen LogP contribution is -2.71. The summed E-state index contributed by atoms with van der Waals surface area (Å²) in [5.41, 5.74) is 6.52. The van der Waals surface area contributed by atoms with Crippen LogP contribution < -0.4 is 11.1 Å². The molecular weight excluding hydrogens is 655 g/mol. The minimum absolute atomic E-state index is 0. The van der Waals surface area contributed by atoms with Crippen LogP contribution in [0.15, 0.2) is 52.4 Å². The third kappa shape index (κ3) is 8.08. The Hall–Kier alpha value is -3.66. The fourth-order valence-electron chi connectivity index (χ4n) is 4.36. The summed E-state index contributed by atoms with van der Waals surface area (Å²) in [5.74, 6) is -2.77. The molecule has 0 aromatic carbocycles. The molecule has 2 amide bonds. The average Bonchev–Trinajstić information content (AvgIpc) is 3.41. The van der Waals surface area contributed by atoms with Gasteiger partial charge in [-0.2, -0.15) is 0 Å². The Bertz CT molecular complexity index is 1450. The van der Waals surface area contributed by atoms with Crippen molar-refractivity contribution in [3.63, 3.8) is 0 Å². The number of esters is 2. The van der Waals surface area contributed by atoms with E-state index in [2.05, 4.69) is 20.4 Å². The van der Waals surface area contributed by atoms with Gasteiger partial charge >= 0.3 is 11.9 Å². The highest BCUT2D eigenvalue weighted by Crippen LogP contribution is 2.41. The molecule has 2 aromatic heterocycles. The lowest BCUT2D eigenvalue weighted by molar-refractivity contribution is -0.187. The van der Waals surface area contributed by atoms with Gasteiger partial charge < -0.3 is 25.7 Å². The van der Waals surface area contributed by atoms with Crippen molar-refractivity contribution in [2.75, 3.05) is 11.5 Å². The van der Waals surface area contributed by atoms with Crippen molar-refractivity contribution in [2.45, 2.75) is 51.3 Å². The number of β-lactam (4-membered cyclic amide) rings is 1. The summed E-state index contributed by atoms with van der Waals surface area (Å²) < 4.78 is 10.8. The number of aromatic nitrogens is 2. The third-order valence-electron chi connectivity index (χ3n) is 6.59. The van der Waals surface area contributed by atoms with Gasteiger partial charge in [-0.1, -0.05) is 37.2 Å². The molecule has 4 heterocycles. The maximum absolute atomic E-state index is 13.4. The Morgan fingerprint density at radius 3 is 2.57 bits per heavy atom. The summed E-state index contributed by atoms with van der Waals surface area (Å²) in [7, 11) is 0. The molecule has 4 rings (SSSR count). The second-order valence-electron chi connectivity index (χ2n) is 9.30. The number of thiazole rings is 1. The number of rotatable bonds is 11. The zero-order valence-electron chi connectivity index (χ0n) is 23.9. The molecule has 238 valence electrons. The molecule has 4 N–H and O–H groups in total. The highest BCUT2D eigenvalue weighted by Gasteiger charge is 2.54. The van der Waals surface area contributed by atoms with E-state index >= 15 is 0 Å². The Labute approximate surface area is 274 Å². The molecule has 2 aromatic rings. The molecule has 13 nitrogen and oxygen atoms in total. The first kappa shape index (κ1) is 36.5. The molecule has 0 saturated carbocycles. The molecule has 0 spiro atoms. The fourth-order valence-corrected chi connectivity index (χ4v) is 6.23. The normalized spacial score (nSPS) is 18.5. The number of nitrogen functional groups attached to an aromatic ring is 1. The molecular formula is C27H32Cl2N6O7S2. The van der Waals surface area contributed by atoms with E-state index in [4.69, 9.17) is 15.2 Å². The number of fused-ring (bicyclic) bond motifs is 1. The lowest BCUT2D eigenvalue weighted by atomic mass is 10.0. The number of oxime groups is 1. The largest absolute Gasteiger partial charge is 0.425 e. The molecule has 2 aliphatic rings. The number of ether oxygens (including phenoxy) is 2. The number of hydrogen-bond donors (Lipinski definition) is 3. The predicted octanol–water partition coefficient (Wildman–Crippen LogP) is 3.38. The van der Waals surface area contributed by atoms with Gasteiger partial charge in [0.15, 0.2) is 10.8 Å². The number of halogens is 2.